The largest absolute Gasteiger partial charge is 0.352 e. The van der Waals surface area contributed by atoms with Crippen molar-refractivity contribution >= 4 is 50.9 Å². The number of benzene rings is 4. The van der Waals surface area contributed by atoms with Crippen molar-refractivity contribution in [1.29, 1.82) is 0 Å². The quantitative estimate of drug-likeness (QED) is 0.232. The molecule has 6 heteroatoms. The number of nitrogens with one attached hydrogen (secondary N) is 1. The fourth-order valence-corrected chi connectivity index (χ4v) is 7.47. The van der Waals surface area contributed by atoms with Gasteiger partial charge in [-0.05, 0) is 47.4 Å². The lowest BCUT2D eigenvalue weighted by Gasteiger charge is -2.37. The molecule has 0 unspecified atom stereocenters. The smallest absolute Gasteiger partial charge is 0.238 e. The Hall–Kier alpha value is -4.29. The zero-order valence-electron chi connectivity index (χ0n) is 23.1. The van der Waals surface area contributed by atoms with Crippen molar-refractivity contribution in [2.24, 2.45) is 5.92 Å². The van der Waals surface area contributed by atoms with E-state index in [0.29, 0.717) is 16.8 Å². The maximum absolute atomic E-state index is 14.9. The van der Waals surface area contributed by atoms with Gasteiger partial charge in [0.1, 0.15) is 11.5 Å². The summed E-state index contributed by atoms with van der Waals surface area (Å²) in [5, 5.41) is 3.09. The number of Topliss-reactive ketones (excluding diaryl/α,β-unsaturated/α-hetero) is 2. The average molecular weight is 618 g/mol. The normalized spacial score (nSPS) is 23.3. The molecule has 5 nitrogen and oxygen atoms in total. The van der Waals surface area contributed by atoms with E-state index in [9.17, 15) is 14.4 Å². The van der Waals surface area contributed by atoms with Gasteiger partial charge in [-0.15, -0.1) is 0 Å². The highest BCUT2D eigenvalue weighted by molar-refractivity contribution is 9.10. The highest BCUT2D eigenvalue weighted by atomic mass is 79.9. The van der Waals surface area contributed by atoms with E-state index in [4.69, 9.17) is 0 Å². The third-order valence-corrected chi connectivity index (χ3v) is 9.53. The molecule has 3 aliphatic heterocycles. The van der Waals surface area contributed by atoms with Crippen LogP contribution in [-0.4, -0.2) is 29.6 Å². The van der Waals surface area contributed by atoms with Crippen molar-refractivity contribution in [1.82, 2.24) is 0 Å². The SMILES string of the molecule is CCCc1ccc(C(=O)[C@@H]2[C@H](C(=O)c3ccc(Br)cc3)N3c4ccccc4C=C[C@@H]3[C@@]23C(=O)Nc2ccccc23)cc1. The van der Waals surface area contributed by atoms with Crippen LogP contribution in [0.5, 0.6) is 0 Å². The molecular weight excluding hydrogens is 588 g/mol. The van der Waals surface area contributed by atoms with Crippen molar-refractivity contribution in [3.63, 3.8) is 0 Å². The number of halogens is 1. The van der Waals surface area contributed by atoms with Crippen LogP contribution in [0.2, 0.25) is 0 Å². The van der Waals surface area contributed by atoms with Gasteiger partial charge in [0.05, 0.1) is 12.0 Å². The molecule has 0 aliphatic carbocycles. The standard InChI is InChI=1S/C36H29BrN2O3/c1-2-7-22-12-14-24(15-13-22)33(40)31-32(34(41)25-16-19-26(37)20-17-25)39-29-11-6-3-8-23(29)18-21-30(39)36(31)27-9-4-5-10-28(27)38-35(36)42/h3-6,8-21,30-32H,2,7H2,1H3,(H,38,42)/t30-,31+,32-,36-/m1/s1. The number of hydrogen-bond donors (Lipinski definition) is 1. The van der Waals surface area contributed by atoms with Crippen LogP contribution in [0.25, 0.3) is 6.08 Å². The van der Waals surface area contributed by atoms with Crippen LogP contribution >= 0.6 is 15.9 Å². The highest BCUT2D eigenvalue weighted by Gasteiger charge is 2.70. The van der Waals surface area contributed by atoms with Crippen LogP contribution in [0.3, 0.4) is 0 Å². The number of carbonyl (C=O) groups excluding carboxylic acids is 3. The van der Waals surface area contributed by atoms with Gasteiger partial charge in [-0.2, -0.15) is 0 Å². The zero-order chi connectivity index (χ0) is 29.0. The molecule has 208 valence electrons. The first kappa shape index (κ1) is 26.6. The van der Waals surface area contributed by atoms with Crippen molar-refractivity contribution in [3.8, 4) is 0 Å². The molecular formula is C36H29BrN2O3. The second-order valence-corrected chi connectivity index (χ2v) is 12.2. The molecule has 3 heterocycles. The Balaban J connectivity index is 1.49. The Morgan fingerprint density at radius 1 is 0.857 bits per heavy atom. The Kier molecular flexibility index (Phi) is 6.47. The maximum atomic E-state index is 14.9. The summed E-state index contributed by atoms with van der Waals surface area (Å²) in [7, 11) is 0. The summed E-state index contributed by atoms with van der Waals surface area (Å²) in [6, 6.07) is 28.9. The van der Waals surface area contributed by atoms with Crippen LogP contribution in [-0.2, 0) is 16.6 Å². The number of anilines is 2. The van der Waals surface area contributed by atoms with Gasteiger partial charge in [-0.3, -0.25) is 14.4 Å². The van der Waals surface area contributed by atoms with Crippen molar-refractivity contribution in [3.05, 3.63) is 135 Å². The predicted octanol–water partition coefficient (Wildman–Crippen LogP) is 7.26. The summed E-state index contributed by atoms with van der Waals surface area (Å²) < 4.78 is 0.856. The van der Waals surface area contributed by atoms with E-state index in [0.717, 1.165) is 39.7 Å². The predicted molar refractivity (Wildman–Crippen MR) is 169 cm³/mol. The van der Waals surface area contributed by atoms with Crippen LogP contribution in [0.15, 0.2) is 108 Å². The molecule has 4 aromatic rings. The topological polar surface area (TPSA) is 66.5 Å². The molecule has 0 bridgehead atoms. The number of rotatable bonds is 6. The molecule has 3 aliphatic rings. The first-order valence-electron chi connectivity index (χ1n) is 14.3. The molecule has 1 fully saturated rings. The van der Waals surface area contributed by atoms with E-state index in [1.54, 1.807) is 12.1 Å². The summed E-state index contributed by atoms with van der Waals surface area (Å²) in [4.78, 5) is 46.1. The maximum Gasteiger partial charge on any atom is 0.238 e. The van der Waals surface area contributed by atoms with Crippen molar-refractivity contribution in [2.45, 2.75) is 37.3 Å². The Morgan fingerprint density at radius 3 is 2.29 bits per heavy atom. The minimum absolute atomic E-state index is 0.187. The third-order valence-electron chi connectivity index (χ3n) is 9.00. The van der Waals surface area contributed by atoms with Crippen LogP contribution < -0.4 is 10.2 Å². The van der Waals surface area contributed by atoms with E-state index >= 15 is 0 Å². The summed E-state index contributed by atoms with van der Waals surface area (Å²) in [5.74, 6) is -1.63. The number of hydrogen-bond acceptors (Lipinski definition) is 4. The summed E-state index contributed by atoms with van der Waals surface area (Å²) in [6.07, 6.45) is 5.94. The summed E-state index contributed by atoms with van der Waals surface area (Å²) in [6.45, 7) is 2.12. The van der Waals surface area contributed by atoms with Crippen molar-refractivity contribution in [2.75, 3.05) is 10.2 Å². The first-order valence-corrected chi connectivity index (χ1v) is 15.1. The molecule has 42 heavy (non-hydrogen) atoms. The average Bonchev–Trinajstić information content (AvgIpc) is 3.50. The molecule has 1 spiro atoms. The number of nitrogens with zero attached hydrogens (tertiary/aromatic N) is 1. The molecule has 0 radical (unpaired) electrons. The second-order valence-electron chi connectivity index (χ2n) is 11.2. The van der Waals surface area contributed by atoms with E-state index < -0.39 is 23.4 Å². The van der Waals surface area contributed by atoms with Gasteiger partial charge >= 0.3 is 0 Å². The van der Waals surface area contributed by atoms with Gasteiger partial charge < -0.3 is 10.2 Å². The summed E-state index contributed by atoms with van der Waals surface area (Å²) >= 11 is 3.47. The molecule has 4 atom stereocenters. The monoisotopic (exact) mass is 616 g/mol. The van der Waals surface area contributed by atoms with Gasteiger partial charge in [0.15, 0.2) is 11.6 Å². The number of para-hydroxylation sites is 2. The number of carbonyl (C=O) groups is 3. The molecule has 0 aromatic heterocycles. The van der Waals surface area contributed by atoms with Gasteiger partial charge in [-0.1, -0.05) is 114 Å². The van der Waals surface area contributed by atoms with Gasteiger partial charge in [-0.25, -0.2) is 0 Å². The number of aryl methyl sites for hydroxylation is 1. The van der Waals surface area contributed by atoms with E-state index in [1.807, 2.05) is 102 Å². The van der Waals surface area contributed by atoms with E-state index in [-0.39, 0.29) is 17.5 Å². The number of amides is 1. The third kappa shape index (κ3) is 3.85. The lowest BCUT2D eigenvalue weighted by molar-refractivity contribution is -0.121. The van der Waals surface area contributed by atoms with Crippen LogP contribution in [0, 0.1) is 5.92 Å². The molecule has 1 amide bonds. The lowest BCUT2D eigenvalue weighted by atomic mass is 9.64. The van der Waals surface area contributed by atoms with Crippen LogP contribution in [0.4, 0.5) is 11.4 Å². The zero-order valence-corrected chi connectivity index (χ0v) is 24.7. The molecule has 7 rings (SSSR count). The van der Waals surface area contributed by atoms with Gasteiger partial charge in [0.25, 0.3) is 0 Å². The fraction of sp³-hybridized carbons (Fsp3) is 0.194. The minimum Gasteiger partial charge on any atom is -0.352 e. The first-order chi connectivity index (χ1) is 20.4. The molecule has 4 aromatic carbocycles. The minimum atomic E-state index is -1.31. The fourth-order valence-electron chi connectivity index (χ4n) is 7.21. The Bertz CT molecular complexity index is 1760. The number of ketones is 2. The number of fused-ring (bicyclic) bond motifs is 6. The van der Waals surface area contributed by atoms with E-state index in [1.165, 1.54) is 0 Å². The lowest BCUT2D eigenvalue weighted by Crippen LogP contribution is -2.51. The summed E-state index contributed by atoms with van der Waals surface area (Å²) in [5.41, 5.74) is 4.05. The van der Waals surface area contributed by atoms with E-state index in [2.05, 4.69) is 28.2 Å². The van der Waals surface area contributed by atoms with Crippen molar-refractivity contribution < 1.29 is 14.4 Å². The second kappa shape index (κ2) is 10.2. The van der Waals surface area contributed by atoms with Gasteiger partial charge in [0.2, 0.25) is 5.91 Å². The van der Waals surface area contributed by atoms with Crippen LogP contribution in [0.1, 0.15) is 50.8 Å². The molecule has 1 N–H and O–H groups in total. The van der Waals surface area contributed by atoms with Gasteiger partial charge in [0, 0.05) is 27.0 Å². The Labute approximate surface area is 253 Å². The molecule has 1 saturated heterocycles. The Morgan fingerprint density at radius 2 is 1.52 bits per heavy atom. The highest BCUT2D eigenvalue weighted by Crippen LogP contribution is 2.58. The molecule has 0 saturated carbocycles.